The second-order valence-corrected chi connectivity index (χ2v) is 9.17. The van der Waals surface area contributed by atoms with Crippen LogP contribution < -0.4 is 4.72 Å². The molecule has 0 spiro atoms. The third-order valence-corrected chi connectivity index (χ3v) is 6.57. The van der Waals surface area contributed by atoms with Gasteiger partial charge in [0.05, 0.1) is 0 Å². The number of hydrogen-bond acceptors (Lipinski definition) is 1. The summed E-state index contributed by atoms with van der Waals surface area (Å²) in [6, 6.07) is 0. The minimum atomic E-state index is -1.03. The molecule has 4 heteroatoms. The molecule has 0 heterocycles. The fourth-order valence-electron chi connectivity index (χ4n) is 1.11. The normalized spacial score (nSPS) is 12.7. The molecule has 2 nitrogen and oxygen atoms in total. The van der Waals surface area contributed by atoms with Crippen molar-refractivity contribution >= 4 is 29.4 Å². The summed E-state index contributed by atoms with van der Waals surface area (Å²) in [5.74, 6) is 2.21. The van der Waals surface area contributed by atoms with Gasteiger partial charge in [-0.3, -0.25) is 4.79 Å². The van der Waals surface area contributed by atoms with Crippen LogP contribution in [0.25, 0.3) is 0 Å². The van der Waals surface area contributed by atoms with Gasteiger partial charge in [-0.15, -0.1) is 8.65 Å². The van der Waals surface area contributed by atoms with E-state index in [9.17, 15) is 4.79 Å². The van der Waals surface area contributed by atoms with Crippen molar-refractivity contribution in [1.29, 1.82) is 0 Å². The van der Waals surface area contributed by atoms with Gasteiger partial charge in [0.2, 0.25) is 5.91 Å². The Labute approximate surface area is 84.1 Å². The number of amides is 1. The highest BCUT2D eigenvalue weighted by Gasteiger charge is 2.18. The number of hydrogen-bond donors (Lipinski definition) is 1. The van der Waals surface area contributed by atoms with Gasteiger partial charge in [0.1, 0.15) is 0 Å². The average Bonchev–Trinajstić information content (AvgIpc) is 1.85. The molecular formula is C8H18BrNOS. The SMILES string of the molecule is CCCS(Br)(CCC)NC(C)=O. The first-order chi connectivity index (χ1) is 5.54. The number of carbonyl (C=O) groups excluding carboxylic acids is 1. The van der Waals surface area contributed by atoms with Crippen LogP contribution in [0.5, 0.6) is 0 Å². The minimum absolute atomic E-state index is 0.0729. The molecule has 0 aromatic heterocycles. The number of rotatable bonds is 5. The number of halogens is 1. The van der Waals surface area contributed by atoms with Gasteiger partial charge in [-0.2, -0.15) is 0 Å². The van der Waals surface area contributed by atoms with Crippen LogP contribution in [0.3, 0.4) is 0 Å². The fourth-order valence-corrected chi connectivity index (χ4v) is 5.95. The van der Waals surface area contributed by atoms with E-state index in [1.54, 1.807) is 6.92 Å². The molecule has 0 saturated carbocycles. The van der Waals surface area contributed by atoms with E-state index >= 15 is 0 Å². The van der Waals surface area contributed by atoms with Crippen molar-refractivity contribution in [2.24, 2.45) is 0 Å². The zero-order valence-corrected chi connectivity index (χ0v) is 10.4. The highest BCUT2D eigenvalue weighted by Crippen LogP contribution is 2.52. The molecule has 0 atom stereocenters. The lowest BCUT2D eigenvalue weighted by atomic mass is 10.6. The van der Waals surface area contributed by atoms with Gasteiger partial charge in [0.15, 0.2) is 0 Å². The maximum Gasteiger partial charge on any atom is 0.226 e. The van der Waals surface area contributed by atoms with Gasteiger partial charge < -0.3 is 4.72 Å². The Morgan fingerprint density at radius 2 is 1.75 bits per heavy atom. The fraction of sp³-hybridized carbons (Fsp3) is 0.875. The summed E-state index contributed by atoms with van der Waals surface area (Å²) in [4.78, 5) is 10.9. The third-order valence-electron chi connectivity index (χ3n) is 1.38. The van der Waals surface area contributed by atoms with Crippen molar-refractivity contribution in [1.82, 2.24) is 4.72 Å². The Bertz CT molecular complexity index is 146. The average molecular weight is 256 g/mol. The molecule has 1 amide bonds. The van der Waals surface area contributed by atoms with Crippen molar-refractivity contribution in [3.8, 4) is 0 Å². The molecule has 1 N–H and O–H groups in total. The summed E-state index contributed by atoms with van der Waals surface area (Å²) in [5, 5.41) is 0. The minimum Gasteiger partial charge on any atom is -0.309 e. The second-order valence-electron chi connectivity index (χ2n) is 2.85. The second kappa shape index (κ2) is 5.86. The number of carbonyl (C=O) groups is 1. The summed E-state index contributed by atoms with van der Waals surface area (Å²) in [5.41, 5.74) is 0. The molecule has 12 heavy (non-hydrogen) atoms. The third kappa shape index (κ3) is 5.04. The molecule has 0 aromatic carbocycles. The first-order valence-corrected chi connectivity index (χ1v) is 8.12. The van der Waals surface area contributed by atoms with Crippen LogP contribution in [0.2, 0.25) is 0 Å². The molecule has 0 bridgehead atoms. The van der Waals surface area contributed by atoms with E-state index in [2.05, 4.69) is 33.4 Å². The first-order valence-electron chi connectivity index (χ1n) is 4.30. The molecule has 0 unspecified atom stereocenters. The quantitative estimate of drug-likeness (QED) is 0.805. The van der Waals surface area contributed by atoms with Gasteiger partial charge in [0.25, 0.3) is 0 Å². The standard InChI is InChI=1S/C8H18BrNOS/c1-4-6-12(9,7-5-2)10-8(3)11/h4-7H2,1-3H3,(H,10,11). The monoisotopic (exact) mass is 255 g/mol. The van der Waals surface area contributed by atoms with Crippen LogP contribution >= 0.6 is 23.5 Å². The Hall–Kier alpha value is 0.300. The lowest BCUT2D eigenvalue weighted by Crippen LogP contribution is -2.25. The first kappa shape index (κ1) is 12.3. The maximum absolute atomic E-state index is 10.9. The summed E-state index contributed by atoms with van der Waals surface area (Å²) in [7, 11) is -1.03. The van der Waals surface area contributed by atoms with Gasteiger partial charge in [-0.25, -0.2) is 0 Å². The van der Waals surface area contributed by atoms with Crippen molar-refractivity contribution in [3.63, 3.8) is 0 Å². The summed E-state index contributed by atoms with van der Waals surface area (Å²) in [6.07, 6.45) is 2.22. The highest BCUT2D eigenvalue weighted by molar-refractivity contribution is 9.58. The van der Waals surface area contributed by atoms with E-state index in [0.717, 1.165) is 24.3 Å². The molecule has 0 aromatic rings. The lowest BCUT2D eigenvalue weighted by Gasteiger charge is -2.33. The lowest BCUT2D eigenvalue weighted by molar-refractivity contribution is -0.117. The molecular weight excluding hydrogens is 238 g/mol. The van der Waals surface area contributed by atoms with E-state index in [0.29, 0.717) is 0 Å². The summed E-state index contributed by atoms with van der Waals surface area (Å²) in [6.45, 7) is 5.86. The molecule has 0 radical (unpaired) electrons. The van der Waals surface area contributed by atoms with Crippen molar-refractivity contribution < 1.29 is 4.79 Å². The smallest absolute Gasteiger partial charge is 0.226 e. The van der Waals surface area contributed by atoms with E-state index in [-0.39, 0.29) is 5.91 Å². The zero-order valence-electron chi connectivity index (χ0n) is 8.02. The van der Waals surface area contributed by atoms with Crippen LogP contribution in [0.1, 0.15) is 33.6 Å². The predicted octanol–water partition coefficient (Wildman–Crippen LogP) is 2.97. The van der Waals surface area contributed by atoms with Crippen LogP contribution in [0.15, 0.2) is 0 Å². The maximum atomic E-state index is 10.9. The molecule has 0 aliphatic rings. The van der Waals surface area contributed by atoms with Gasteiger partial charge in [-0.1, -0.05) is 13.8 Å². The highest BCUT2D eigenvalue weighted by atomic mass is 79.9. The van der Waals surface area contributed by atoms with Crippen molar-refractivity contribution in [2.75, 3.05) is 11.5 Å². The van der Waals surface area contributed by atoms with Crippen molar-refractivity contribution in [3.05, 3.63) is 0 Å². The van der Waals surface area contributed by atoms with E-state index < -0.39 is 8.65 Å². The van der Waals surface area contributed by atoms with Crippen LogP contribution in [-0.4, -0.2) is 17.4 Å². The van der Waals surface area contributed by atoms with E-state index in [1.807, 2.05) is 0 Å². The van der Waals surface area contributed by atoms with Gasteiger partial charge in [-0.05, 0) is 27.7 Å². The Kier molecular flexibility index (Phi) is 6.01. The van der Waals surface area contributed by atoms with Crippen LogP contribution in [0.4, 0.5) is 0 Å². The summed E-state index contributed by atoms with van der Waals surface area (Å²) >= 11 is 3.66. The van der Waals surface area contributed by atoms with E-state index in [1.165, 1.54) is 0 Å². The molecule has 0 saturated heterocycles. The summed E-state index contributed by atoms with van der Waals surface area (Å²) < 4.78 is 3.02. The Morgan fingerprint density at radius 3 is 2.00 bits per heavy atom. The van der Waals surface area contributed by atoms with E-state index in [4.69, 9.17) is 0 Å². The van der Waals surface area contributed by atoms with Crippen LogP contribution in [0, 0.1) is 0 Å². The zero-order chi connectivity index (χ0) is 9.61. The van der Waals surface area contributed by atoms with Gasteiger partial charge in [0, 0.05) is 18.4 Å². The van der Waals surface area contributed by atoms with Crippen LogP contribution in [-0.2, 0) is 4.79 Å². The topological polar surface area (TPSA) is 29.1 Å². The molecule has 74 valence electrons. The Balaban J connectivity index is 4.07. The number of nitrogens with one attached hydrogen (secondary N) is 1. The molecule has 0 rings (SSSR count). The van der Waals surface area contributed by atoms with Gasteiger partial charge >= 0.3 is 0 Å². The molecule has 0 aliphatic carbocycles. The molecule has 0 aliphatic heterocycles. The largest absolute Gasteiger partial charge is 0.309 e. The Morgan fingerprint density at radius 1 is 1.33 bits per heavy atom. The molecule has 0 fully saturated rings. The predicted molar refractivity (Wildman–Crippen MR) is 60.7 cm³/mol. The van der Waals surface area contributed by atoms with Crippen molar-refractivity contribution in [2.45, 2.75) is 33.6 Å².